The summed E-state index contributed by atoms with van der Waals surface area (Å²) in [6.07, 6.45) is 9.83. The molecule has 2 aromatic heterocycles. The second-order valence-electron chi connectivity index (χ2n) is 11.0. The van der Waals surface area contributed by atoms with Crippen molar-refractivity contribution in [1.82, 2.24) is 19.7 Å². The highest BCUT2D eigenvalue weighted by atomic mass is 16.5. The first-order valence-electron chi connectivity index (χ1n) is 14.0. The number of rotatable bonds is 6. The number of hydrogen-bond donors (Lipinski definition) is 1. The van der Waals surface area contributed by atoms with E-state index in [9.17, 15) is 14.7 Å². The van der Waals surface area contributed by atoms with Gasteiger partial charge in [0.1, 0.15) is 11.9 Å². The molecule has 1 N–H and O–H groups in total. The third kappa shape index (κ3) is 5.21. The molecule has 9 nitrogen and oxygen atoms in total. The van der Waals surface area contributed by atoms with E-state index >= 15 is 0 Å². The smallest absolute Gasteiger partial charge is 0.341 e. The Morgan fingerprint density at radius 3 is 2.42 bits per heavy atom. The Kier molecular flexibility index (Phi) is 7.30. The standard InChI is InChI=1S/C31H33N5O4/c1-20-2-4-22(5-3-20)30(37)36(26-12-14-40-15-13-26)29-27(31(38)39)18-35(34-29)25-9-6-21(7-10-25)23-8-11-28-24(16-23)17-32-19-33-28/h6-11,16-20,22,26H,2-5,12-15H2,1H3,(H,38,39)/t20-,22-. The highest BCUT2D eigenvalue weighted by Gasteiger charge is 2.37. The lowest BCUT2D eigenvalue weighted by Gasteiger charge is -2.37. The van der Waals surface area contributed by atoms with E-state index in [0.717, 1.165) is 47.7 Å². The average Bonchev–Trinajstić information content (AvgIpc) is 3.43. The molecule has 2 fully saturated rings. The molecule has 1 aliphatic heterocycles. The number of hydrogen-bond acceptors (Lipinski definition) is 6. The summed E-state index contributed by atoms with van der Waals surface area (Å²) in [4.78, 5) is 36.5. The molecule has 1 saturated carbocycles. The number of benzene rings is 2. The number of anilines is 1. The summed E-state index contributed by atoms with van der Waals surface area (Å²) in [5.74, 6) is -0.389. The van der Waals surface area contributed by atoms with E-state index < -0.39 is 5.97 Å². The number of carbonyl (C=O) groups is 2. The SMILES string of the molecule is C[C@H]1CC[C@H](C(=O)N(c2nn(-c3ccc(-c4ccc5ncncc5c4)cc3)cc2C(=O)O)C2CCOCC2)CC1. The van der Waals surface area contributed by atoms with Crippen LogP contribution in [0.5, 0.6) is 0 Å². The molecular weight excluding hydrogens is 506 g/mol. The average molecular weight is 540 g/mol. The Bertz CT molecular complexity index is 1520. The van der Waals surface area contributed by atoms with Crippen LogP contribution in [0.25, 0.3) is 27.7 Å². The summed E-state index contributed by atoms with van der Waals surface area (Å²) >= 11 is 0. The van der Waals surface area contributed by atoms with E-state index in [1.54, 1.807) is 15.8 Å². The molecule has 6 rings (SSSR count). The van der Waals surface area contributed by atoms with Gasteiger partial charge in [-0.15, -0.1) is 5.10 Å². The normalized spacial score (nSPS) is 19.9. The van der Waals surface area contributed by atoms with Gasteiger partial charge in [-0.3, -0.25) is 9.69 Å². The maximum absolute atomic E-state index is 14.0. The van der Waals surface area contributed by atoms with Crippen molar-refractivity contribution in [1.29, 1.82) is 0 Å². The Morgan fingerprint density at radius 1 is 0.975 bits per heavy atom. The molecule has 0 atom stereocenters. The first-order chi connectivity index (χ1) is 19.5. The molecule has 0 radical (unpaired) electrons. The zero-order valence-electron chi connectivity index (χ0n) is 22.6. The molecule has 9 heteroatoms. The maximum Gasteiger partial charge on any atom is 0.341 e. The largest absolute Gasteiger partial charge is 0.477 e. The number of aromatic carboxylic acids is 1. The number of carboxylic acid groups (broad SMARTS) is 1. The van der Waals surface area contributed by atoms with Gasteiger partial charge in [-0.25, -0.2) is 19.4 Å². The minimum atomic E-state index is -1.10. The van der Waals surface area contributed by atoms with Crippen LogP contribution in [-0.4, -0.2) is 56.0 Å². The van der Waals surface area contributed by atoms with Gasteiger partial charge in [0, 0.05) is 43.0 Å². The molecule has 4 aromatic rings. The summed E-state index contributed by atoms with van der Waals surface area (Å²) in [7, 11) is 0. The number of aromatic nitrogens is 4. The van der Waals surface area contributed by atoms with Gasteiger partial charge in [-0.2, -0.15) is 0 Å². The van der Waals surface area contributed by atoms with E-state index in [4.69, 9.17) is 9.84 Å². The van der Waals surface area contributed by atoms with Crippen LogP contribution in [-0.2, 0) is 9.53 Å². The fourth-order valence-corrected chi connectivity index (χ4v) is 5.90. The molecule has 2 aromatic carbocycles. The van der Waals surface area contributed by atoms with Crippen LogP contribution in [0.15, 0.2) is 61.2 Å². The van der Waals surface area contributed by atoms with E-state index in [-0.39, 0.29) is 29.2 Å². The minimum absolute atomic E-state index is 0.0119. The van der Waals surface area contributed by atoms with Gasteiger partial charge in [0.15, 0.2) is 5.82 Å². The van der Waals surface area contributed by atoms with Crippen LogP contribution in [0.3, 0.4) is 0 Å². The van der Waals surface area contributed by atoms with Crippen LogP contribution in [0, 0.1) is 11.8 Å². The quantitative estimate of drug-likeness (QED) is 0.344. The lowest BCUT2D eigenvalue weighted by atomic mass is 9.82. The Hall–Kier alpha value is -4.11. The topological polar surface area (TPSA) is 110 Å². The zero-order chi connectivity index (χ0) is 27.6. The minimum Gasteiger partial charge on any atom is -0.477 e. The fourth-order valence-electron chi connectivity index (χ4n) is 5.90. The zero-order valence-corrected chi connectivity index (χ0v) is 22.6. The highest BCUT2D eigenvalue weighted by Crippen LogP contribution is 2.34. The second kappa shape index (κ2) is 11.2. The number of carboxylic acids is 1. The third-order valence-electron chi connectivity index (χ3n) is 8.28. The first kappa shape index (κ1) is 26.1. The van der Waals surface area contributed by atoms with Crippen molar-refractivity contribution in [3.05, 3.63) is 66.7 Å². The van der Waals surface area contributed by atoms with Crippen molar-refractivity contribution in [3.63, 3.8) is 0 Å². The summed E-state index contributed by atoms with van der Waals surface area (Å²) in [6.45, 7) is 3.31. The molecule has 2 aliphatic rings. The molecule has 40 heavy (non-hydrogen) atoms. The monoisotopic (exact) mass is 539 g/mol. The number of amides is 1. The lowest BCUT2D eigenvalue weighted by molar-refractivity contribution is -0.124. The van der Waals surface area contributed by atoms with Crippen molar-refractivity contribution >= 4 is 28.6 Å². The molecule has 0 bridgehead atoms. The predicted molar refractivity (Wildman–Crippen MR) is 152 cm³/mol. The van der Waals surface area contributed by atoms with E-state index in [2.05, 4.69) is 16.9 Å². The van der Waals surface area contributed by atoms with Gasteiger partial charge in [0.2, 0.25) is 5.91 Å². The van der Waals surface area contributed by atoms with Crippen molar-refractivity contribution < 1.29 is 19.4 Å². The van der Waals surface area contributed by atoms with Crippen LogP contribution in [0.2, 0.25) is 0 Å². The van der Waals surface area contributed by atoms with Gasteiger partial charge in [0.25, 0.3) is 0 Å². The maximum atomic E-state index is 14.0. The van der Waals surface area contributed by atoms with Gasteiger partial charge >= 0.3 is 5.97 Å². The lowest BCUT2D eigenvalue weighted by Crippen LogP contribution is -2.47. The van der Waals surface area contributed by atoms with Crippen molar-refractivity contribution in [2.24, 2.45) is 11.8 Å². The molecule has 1 aliphatic carbocycles. The molecule has 0 unspecified atom stereocenters. The van der Waals surface area contributed by atoms with Crippen LogP contribution in [0.4, 0.5) is 5.82 Å². The van der Waals surface area contributed by atoms with Gasteiger partial charge < -0.3 is 9.84 Å². The molecule has 3 heterocycles. The van der Waals surface area contributed by atoms with Crippen LogP contribution >= 0.6 is 0 Å². The molecule has 0 spiro atoms. The summed E-state index contributed by atoms with van der Waals surface area (Å²) in [6, 6.07) is 13.7. The summed E-state index contributed by atoms with van der Waals surface area (Å²) in [5.41, 5.74) is 3.66. The molecule has 1 amide bonds. The van der Waals surface area contributed by atoms with Crippen molar-refractivity contribution in [2.45, 2.75) is 51.5 Å². The van der Waals surface area contributed by atoms with Crippen molar-refractivity contribution in [2.75, 3.05) is 18.1 Å². The Balaban J connectivity index is 1.33. The first-order valence-corrected chi connectivity index (χ1v) is 14.0. The number of carbonyl (C=O) groups excluding carboxylic acids is 1. The van der Waals surface area contributed by atoms with Crippen molar-refractivity contribution in [3.8, 4) is 16.8 Å². The number of fused-ring (bicyclic) bond motifs is 1. The van der Waals surface area contributed by atoms with E-state index in [1.165, 1.54) is 12.5 Å². The number of nitrogens with zero attached hydrogens (tertiary/aromatic N) is 5. The van der Waals surface area contributed by atoms with Gasteiger partial charge in [-0.1, -0.05) is 25.1 Å². The molecule has 206 valence electrons. The molecular formula is C31H33N5O4. The third-order valence-corrected chi connectivity index (χ3v) is 8.28. The Labute approximate surface area is 232 Å². The molecule has 1 saturated heterocycles. The fraction of sp³-hybridized carbons (Fsp3) is 0.387. The van der Waals surface area contributed by atoms with Crippen LogP contribution in [0.1, 0.15) is 55.8 Å². The Morgan fingerprint density at radius 2 is 1.70 bits per heavy atom. The van der Waals surface area contributed by atoms with Gasteiger partial charge in [-0.05, 0) is 79.8 Å². The second-order valence-corrected chi connectivity index (χ2v) is 11.0. The van der Waals surface area contributed by atoms with Gasteiger partial charge in [0.05, 0.1) is 11.2 Å². The predicted octanol–water partition coefficient (Wildman–Crippen LogP) is 5.52. The van der Waals surface area contributed by atoms with E-state index in [0.29, 0.717) is 37.7 Å². The van der Waals surface area contributed by atoms with Crippen LogP contribution < -0.4 is 4.90 Å². The summed E-state index contributed by atoms with van der Waals surface area (Å²) < 4.78 is 7.13. The number of ether oxygens (including phenoxy) is 1. The highest BCUT2D eigenvalue weighted by molar-refractivity contribution is 6.02. The summed E-state index contributed by atoms with van der Waals surface area (Å²) in [5, 5.41) is 15.8. The van der Waals surface area contributed by atoms with E-state index in [1.807, 2.05) is 42.5 Å².